The Balaban J connectivity index is 1.80. The maximum atomic E-state index is 13.1. The second-order valence-electron chi connectivity index (χ2n) is 6.72. The molecule has 0 aliphatic carbocycles. The van der Waals surface area contributed by atoms with E-state index in [2.05, 4.69) is 36.5 Å². The van der Waals surface area contributed by atoms with E-state index < -0.39 is 0 Å². The van der Waals surface area contributed by atoms with Gasteiger partial charge >= 0.3 is 0 Å². The Hall–Kier alpha value is -1.88. The zero-order valence-corrected chi connectivity index (χ0v) is 14.6. The summed E-state index contributed by atoms with van der Waals surface area (Å²) in [5.74, 6) is 0.110. The summed E-state index contributed by atoms with van der Waals surface area (Å²) in [5.41, 5.74) is 2.47. The lowest BCUT2D eigenvalue weighted by Crippen LogP contribution is -2.54. The Morgan fingerprint density at radius 1 is 1.17 bits per heavy atom. The molecule has 2 unspecified atom stereocenters. The number of hydrogen-bond donors (Lipinski definition) is 1. The molecule has 3 rings (SSSR count). The zero-order chi connectivity index (χ0) is 17.1. The van der Waals surface area contributed by atoms with Crippen LogP contribution < -0.4 is 5.32 Å². The highest BCUT2D eigenvalue weighted by Gasteiger charge is 2.38. The Bertz CT molecular complexity index is 599. The molecule has 0 radical (unpaired) electrons. The topological polar surface area (TPSA) is 52.7 Å². The van der Waals surface area contributed by atoms with Crippen LogP contribution in [-0.2, 0) is 16.0 Å². The SMILES string of the molecule is CCc1ccc(C2CNCCN2C(=O)C2CCCN2C(C)=O)cc1. The van der Waals surface area contributed by atoms with Crippen molar-refractivity contribution in [2.45, 2.75) is 45.2 Å². The van der Waals surface area contributed by atoms with Crippen LogP contribution in [0.1, 0.15) is 43.9 Å². The molecule has 5 nitrogen and oxygen atoms in total. The number of piperazine rings is 1. The lowest BCUT2D eigenvalue weighted by Gasteiger charge is -2.39. The Morgan fingerprint density at radius 2 is 1.92 bits per heavy atom. The fourth-order valence-electron chi connectivity index (χ4n) is 3.83. The summed E-state index contributed by atoms with van der Waals surface area (Å²) in [6.07, 6.45) is 2.71. The first kappa shape index (κ1) is 17.0. The minimum Gasteiger partial charge on any atom is -0.331 e. The smallest absolute Gasteiger partial charge is 0.245 e. The number of likely N-dealkylation sites (tertiary alicyclic amines) is 1. The van der Waals surface area contributed by atoms with Crippen LogP contribution >= 0.6 is 0 Å². The van der Waals surface area contributed by atoms with E-state index in [1.54, 1.807) is 11.8 Å². The highest BCUT2D eigenvalue weighted by molar-refractivity contribution is 5.88. The summed E-state index contributed by atoms with van der Waals surface area (Å²) in [5, 5.41) is 3.40. The molecule has 1 aromatic carbocycles. The van der Waals surface area contributed by atoms with E-state index in [4.69, 9.17) is 0 Å². The predicted octanol–water partition coefficient (Wildman–Crippen LogP) is 1.73. The van der Waals surface area contributed by atoms with Crippen LogP contribution in [0.2, 0.25) is 0 Å². The van der Waals surface area contributed by atoms with Crippen molar-refractivity contribution in [3.8, 4) is 0 Å². The molecule has 24 heavy (non-hydrogen) atoms. The molecule has 2 aliphatic rings. The zero-order valence-electron chi connectivity index (χ0n) is 14.6. The molecular weight excluding hydrogens is 302 g/mol. The van der Waals surface area contributed by atoms with Gasteiger partial charge in [-0.25, -0.2) is 0 Å². The summed E-state index contributed by atoms with van der Waals surface area (Å²) < 4.78 is 0. The molecule has 1 aromatic rings. The fraction of sp³-hybridized carbons (Fsp3) is 0.579. The number of rotatable bonds is 3. The molecule has 2 aliphatic heterocycles. The van der Waals surface area contributed by atoms with Crippen LogP contribution in [-0.4, -0.2) is 53.8 Å². The van der Waals surface area contributed by atoms with E-state index >= 15 is 0 Å². The van der Waals surface area contributed by atoms with Gasteiger partial charge in [-0.15, -0.1) is 0 Å². The van der Waals surface area contributed by atoms with Crippen LogP contribution in [0.3, 0.4) is 0 Å². The predicted molar refractivity (Wildman–Crippen MR) is 93.6 cm³/mol. The van der Waals surface area contributed by atoms with Crippen LogP contribution in [0.5, 0.6) is 0 Å². The number of aryl methyl sites for hydroxylation is 1. The first-order valence-electron chi connectivity index (χ1n) is 8.99. The van der Waals surface area contributed by atoms with E-state index in [1.807, 2.05) is 4.90 Å². The first-order valence-corrected chi connectivity index (χ1v) is 8.99. The number of benzene rings is 1. The van der Waals surface area contributed by atoms with Crippen molar-refractivity contribution < 1.29 is 9.59 Å². The van der Waals surface area contributed by atoms with E-state index in [0.717, 1.165) is 32.4 Å². The van der Waals surface area contributed by atoms with Crippen molar-refractivity contribution in [3.63, 3.8) is 0 Å². The van der Waals surface area contributed by atoms with Crippen LogP contribution in [0.15, 0.2) is 24.3 Å². The molecule has 0 aromatic heterocycles. The molecule has 2 heterocycles. The van der Waals surface area contributed by atoms with Gasteiger partial charge in [0.2, 0.25) is 11.8 Å². The third-order valence-corrected chi connectivity index (χ3v) is 5.24. The van der Waals surface area contributed by atoms with Gasteiger partial charge in [0.25, 0.3) is 0 Å². The van der Waals surface area contributed by atoms with Crippen molar-refractivity contribution in [3.05, 3.63) is 35.4 Å². The highest BCUT2D eigenvalue weighted by atomic mass is 16.2. The molecule has 0 bridgehead atoms. The Labute approximate surface area is 144 Å². The van der Waals surface area contributed by atoms with Crippen molar-refractivity contribution in [1.82, 2.24) is 15.1 Å². The van der Waals surface area contributed by atoms with Crippen LogP contribution in [0.4, 0.5) is 0 Å². The number of carbonyl (C=O) groups excluding carboxylic acids is 2. The van der Waals surface area contributed by atoms with Gasteiger partial charge in [0.15, 0.2) is 0 Å². The van der Waals surface area contributed by atoms with Gasteiger partial charge < -0.3 is 15.1 Å². The van der Waals surface area contributed by atoms with E-state index in [1.165, 1.54) is 11.1 Å². The molecule has 1 N–H and O–H groups in total. The van der Waals surface area contributed by atoms with Gasteiger partial charge in [-0.3, -0.25) is 9.59 Å². The molecule has 2 saturated heterocycles. The monoisotopic (exact) mass is 329 g/mol. The molecule has 2 fully saturated rings. The molecular formula is C19H27N3O2. The molecule has 0 spiro atoms. The minimum atomic E-state index is -0.280. The molecule has 130 valence electrons. The van der Waals surface area contributed by atoms with Gasteiger partial charge in [-0.2, -0.15) is 0 Å². The summed E-state index contributed by atoms with van der Waals surface area (Å²) in [4.78, 5) is 28.6. The normalized spacial score (nSPS) is 24.2. The lowest BCUT2D eigenvalue weighted by atomic mass is 9.99. The Morgan fingerprint density at radius 3 is 2.58 bits per heavy atom. The van der Waals surface area contributed by atoms with Gasteiger partial charge in [0.1, 0.15) is 6.04 Å². The van der Waals surface area contributed by atoms with E-state index in [9.17, 15) is 9.59 Å². The van der Waals surface area contributed by atoms with Crippen molar-refractivity contribution >= 4 is 11.8 Å². The third-order valence-electron chi connectivity index (χ3n) is 5.24. The fourth-order valence-corrected chi connectivity index (χ4v) is 3.83. The molecule has 2 amide bonds. The minimum absolute atomic E-state index is 0.00448. The quantitative estimate of drug-likeness (QED) is 0.919. The average molecular weight is 329 g/mol. The maximum Gasteiger partial charge on any atom is 0.245 e. The number of nitrogens with one attached hydrogen (secondary N) is 1. The first-order chi connectivity index (χ1) is 11.6. The summed E-state index contributed by atoms with van der Waals surface area (Å²) in [6.45, 7) is 6.68. The van der Waals surface area contributed by atoms with E-state index in [-0.39, 0.29) is 23.9 Å². The number of nitrogens with zero attached hydrogens (tertiary/aromatic N) is 2. The van der Waals surface area contributed by atoms with Gasteiger partial charge in [-0.1, -0.05) is 31.2 Å². The Kier molecular flexibility index (Phi) is 5.19. The average Bonchev–Trinajstić information content (AvgIpc) is 3.11. The van der Waals surface area contributed by atoms with Gasteiger partial charge in [0.05, 0.1) is 6.04 Å². The van der Waals surface area contributed by atoms with Crippen LogP contribution in [0.25, 0.3) is 0 Å². The summed E-state index contributed by atoms with van der Waals surface area (Å²) in [6, 6.07) is 8.32. The number of amides is 2. The van der Waals surface area contributed by atoms with Gasteiger partial charge in [-0.05, 0) is 30.4 Å². The van der Waals surface area contributed by atoms with Crippen LogP contribution in [0, 0.1) is 0 Å². The summed E-state index contributed by atoms with van der Waals surface area (Å²) >= 11 is 0. The highest BCUT2D eigenvalue weighted by Crippen LogP contribution is 2.27. The van der Waals surface area contributed by atoms with Crippen molar-refractivity contribution in [2.24, 2.45) is 0 Å². The number of carbonyl (C=O) groups is 2. The van der Waals surface area contributed by atoms with E-state index in [0.29, 0.717) is 13.1 Å². The number of hydrogen-bond acceptors (Lipinski definition) is 3. The van der Waals surface area contributed by atoms with Crippen molar-refractivity contribution in [2.75, 3.05) is 26.2 Å². The molecule has 5 heteroatoms. The molecule has 0 saturated carbocycles. The molecule has 2 atom stereocenters. The third kappa shape index (κ3) is 3.31. The van der Waals surface area contributed by atoms with Gasteiger partial charge in [0, 0.05) is 33.1 Å². The second-order valence-corrected chi connectivity index (χ2v) is 6.72. The summed E-state index contributed by atoms with van der Waals surface area (Å²) in [7, 11) is 0. The standard InChI is InChI=1S/C19H27N3O2/c1-3-15-6-8-16(9-7-15)18-13-20-10-12-22(18)19(24)17-5-4-11-21(17)14(2)23/h6-9,17-18,20H,3-5,10-13H2,1-2H3. The maximum absolute atomic E-state index is 13.1. The second kappa shape index (κ2) is 7.34. The largest absolute Gasteiger partial charge is 0.331 e. The van der Waals surface area contributed by atoms with Crippen molar-refractivity contribution in [1.29, 1.82) is 0 Å². The lowest BCUT2D eigenvalue weighted by molar-refractivity contribution is -0.145.